The number of benzene rings is 4. The van der Waals surface area contributed by atoms with Gasteiger partial charge in [0.15, 0.2) is 0 Å². The Labute approximate surface area is 299 Å². The number of unbranched alkanes of at least 4 members (excludes halogenated alkanes) is 6. The molecule has 4 aromatic carbocycles. The third-order valence-electron chi connectivity index (χ3n) is 8.46. The smallest absolute Gasteiger partial charge is 0.338 e. The Morgan fingerprint density at radius 3 is 1.82 bits per heavy atom. The van der Waals surface area contributed by atoms with Crippen molar-refractivity contribution in [1.82, 2.24) is 10.1 Å². The van der Waals surface area contributed by atoms with Crippen LogP contribution in [-0.4, -0.2) is 41.3 Å². The van der Waals surface area contributed by atoms with Gasteiger partial charge < -0.3 is 18.7 Å². The molecule has 1 heterocycles. The molecule has 51 heavy (non-hydrogen) atoms. The van der Waals surface area contributed by atoms with Crippen LogP contribution in [0.25, 0.3) is 34.0 Å². The second kappa shape index (κ2) is 19.0. The summed E-state index contributed by atoms with van der Waals surface area (Å²) in [6.07, 6.45) is 8.04. The highest BCUT2D eigenvalue weighted by Gasteiger charge is 2.18. The molecule has 1 atom stereocenters. The first-order valence-electron chi connectivity index (χ1n) is 17.6. The van der Waals surface area contributed by atoms with Crippen LogP contribution in [0.2, 0.25) is 0 Å². The molecule has 0 aliphatic carbocycles. The molecule has 0 fully saturated rings. The van der Waals surface area contributed by atoms with Crippen LogP contribution >= 0.6 is 0 Å². The zero-order valence-electron chi connectivity index (χ0n) is 29.2. The van der Waals surface area contributed by atoms with E-state index in [4.69, 9.17) is 18.7 Å². The average Bonchev–Trinajstić information content (AvgIpc) is 3.68. The molecule has 0 bridgehead atoms. The lowest BCUT2D eigenvalue weighted by Gasteiger charge is -2.12. The number of hydrogen-bond donors (Lipinski definition) is 0. The SMILES string of the molecule is CCCCCCCCCOC(=O)[C@@H](C)COC(=O)c1ccc(-c2ccc(-c3nc(-c4ccc(C(=O)OCc5ccccc5)cc4)no3)cc2)cc1. The number of ether oxygens (including phenoxy) is 3. The summed E-state index contributed by atoms with van der Waals surface area (Å²) in [6, 6.07) is 31.1. The molecular weight excluding hydrogens is 644 g/mol. The van der Waals surface area contributed by atoms with Gasteiger partial charge in [0, 0.05) is 11.1 Å². The fourth-order valence-electron chi connectivity index (χ4n) is 5.35. The van der Waals surface area contributed by atoms with E-state index in [9.17, 15) is 14.4 Å². The van der Waals surface area contributed by atoms with E-state index >= 15 is 0 Å². The summed E-state index contributed by atoms with van der Waals surface area (Å²) >= 11 is 0. The normalized spacial score (nSPS) is 11.5. The topological polar surface area (TPSA) is 118 Å². The van der Waals surface area contributed by atoms with Crippen molar-refractivity contribution in [1.29, 1.82) is 0 Å². The monoisotopic (exact) mass is 688 g/mol. The molecular formula is C42H44N2O7. The fourth-order valence-corrected chi connectivity index (χ4v) is 5.35. The summed E-state index contributed by atoms with van der Waals surface area (Å²) in [7, 11) is 0. The van der Waals surface area contributed by atoms with Crippen molar-refractivity contribution < 1.29 is 33.1 Å². The van der Waals surface area contributed by atoms with Gasteiger partial charge >= 0.3 is 17.9 Å². The Balaban J connectivity index is 1.07. The van der Waals surface area contributed by atoms with Gasteiger partial charge in [0.1, 0.15) is 13.2 Å². The average molecular weight is 689 g/mol. The second-order valence-corrected chi connectivity index (χ2v) is 12.5. The number of rotatable bonds is 18. The molecule has 5 rings (SSSR count). The lowest BCUT2D eigenvalue weighted by Crippen LogP contribution is -2.22. The van der Waals surface area contributed by atoms with Crippen molar-refractivity contribution in [3.05, 3.63) is 120 Å². The number of aromatic nitrogens is 2. The number of carbonyl (C=O) groups is 3. The summed E-state index contributed by atoms with van der Waals surface area (Å²) in [5.74, 6) is -1.03. The van der Waals surface area contributed by atoms with E-state index < -0.39 is 17.9 Å². The van der Waals surface area contributed by atoms with Crippen molar-refractivity contribution in [3.8, 4) is 34.0 Å². The van der Waals surface area contributed by atoms with Crippen LogP contribution < -0.4 is 0 Å². The minimum Gasteiger partial charge on any atom is -0.465 e. The molecule has 0 aliphatic rings. The lowest BCUT2D eigenvalue weighted by atomic mass is 10.0. The quantitative estimate of drug-likeness (QED) is 0.0504. The maximum absolute atomic E-state index is 12.6. The number of nitrogens with zero attached hydrogens (tertiary/aromatic N) is 2. The number of hydrogen-bond acceptors (Lipinski definition) is 9. The molecule has 0 radical (unpaired) electrons. The van der Waals surface area contributed by atoms with E-state index in [0.29, 0.717) is 35.0 Å². The summed E-state index contributed by atoms with van der Waals surface area (Å²) in [4.78, 5) is 41.9. The Morgan fingerprint density at radius 2 is 1.18 bits per heavy atom. The fraction of sp³-hybridized carbons (Fsp3) is 0.310. The van der Waals surface area contributed by atoms with Gasteiger partial charge in [0.05, 0.1) is 23.7 Å². The molecule has 0 spiro atoms. The van der Waals surface area contributed by atoms with Crippen molar-refractivity contribution in [3.63, 3.8) is 0 Å². The van der Waals surface area contributed by atoms with Crippen molar-refractivity contribution in [2.24, 2.45) is 5.92 Å². The first kappa shape index (κ1) is 36.7. The highest BCUT2D eigenvalue weighted by molar-refractivity contribution is 5.91. The van der Waals surface area contributed by atoms with E-state index in [2.05, 4.69) is 17.1 Å². The van der Waals surface area contributed by atoms with Crippen LogP contribution in [0.5, 0.6) is 0 Å². The molecule has 0 saturated heterocycles. The van der Waals surface area contributed by atoms with Gasteiger partial charge in [-0.05, 0) is 66.4 Å². The molecule has 0 unspecified atom stereocenters. The third kappa shape index (κ3) is 11.0. The first-order chi connectivity index (χ1) is 24.9. The number of esters is 3. The Hall–Kier alpha value is -5.57. The summed E-state index contributed by atoms with van der Waals surface area (Å²) in [5.41, 5.74) is 5.04. The molecule has 0 N–H and O–H groups in total. The Bertz CT molecular complexity index is 1830. The molecule has 0 saturated carbocycles. The van der Waals surface area contributed by atoms with Gasteiger partial charge in [-0.25, -0.2) is 9.59 Å². The van der Waals surface area contributed by atoms with Gasteiger partial charge in [-0.1, -0.05) is 117 Å². The predicted molar refractivity (Wildman–Crippen MR) is 195 cm³/mol. The van der Waals surface area contributed by atoms with Gasteiger partial charge in [0.25, 0.3) is 5.89 Å². The minimum absolute atomic E-state index is 0.0373. The molecule has 264 valence electrons. The summed E-state index contributed by atoms with van der Waals surface area (Å²) in [5, 5.41) is 4.11. The molecule has 1 aromatic heterocycles. The second-order valence-electron chi connectivity index (χ2n) is 12.5. The summed E-state index contributed by atoms with van der Waals surface area (Å²) in [6.45, 7) is 4.46. The predicted octanol–water partition coefficient (Wildman–Crippen LogP) is 9.51. The standard InChI is InChI=1S/C42H44N2O7/c1-3-4-5-6-7-8-12-27-48-40(45)30(2)28-49-41(46)36-23-17-33(18-24-36)32-15-21-35(22-16-32)39-43-38(44-51-39)34-19-25-37(26-20-34)42(47)50-29-31-13-10-9-11-14-31/h9-11,13-26,30H,3-8,12,27-29H2,1-2H3/t30-/m0/s1. The van der Waals surface area contributed by atoms with Crippen molar-refractivity contribution in [2.75, 3.05) is 13.2 Å². The van der Waals surface area contributed by atoms with Crippen LogP contribution in [0.4, 0.5) is 0 Å². The van der Waals surface area contributed by atoms with Crippen LogP contribution in [0.15, 0.2) is 108 Å². The van der Waals surface area contributed by atoms with Gasteiger partial charge in [-0.3, -0.25) is 4.79 Å². The van der Waals surface area contributed by atoms with E-state index in [1.165, 1.54) is 25.7 Å². The van der Waals surface area contributed by atoms with E-state index in [-0.39, 0.29) is 19.2 Å². The Kier molecular flexibility index (Phi) is 13.7. The van der Waals surface area contributed by atoms with Crippen LogP contribution in [-0.2, 0) is 25.6 Å². The zero-order chi connectivity index (χ0) is 35.8. The van der Waals surface area contributed by atoms with E-state index in [1.54, 1.807) is 43.3 Å². The molecule has 9 nitrogen and oxygen atoms in total. The van der Waals surface area contributed by atoms with Crippen molar-refractivity contribution >= 4 is 17.9 Å². The van der Waals surface area contributed by atoms with E-state index in [1.807, 2.05) is 66.7 Å². The molecule has 5 aromatic rings. The minimum atomic E-state index is -0.534. The van der Waals surface area contributed by atoms with Gasteiger partial charge in [0.2, 0.25) is 5.82 Å². The highest BCUT2D eigenvalue weighted by Crippen LogP contribution is 2.27. The molecule has 9 heteroatoms. The Morgan fingerprint density at radius 1 is 0.627 bits per heavy atom. The third-order valence-corrected chi connectivity index (χ3v) is 8.46. The van der Waals surface area contributed by atoms with E-state index in [0.717, 1.165) is 41.5 Å². The maximum Gasteiger partial charge on any atom is 0.338 e. The van der Waals surface area contributed by atoms with Gasteiger partial charge in [-0.2, -0.15) is 4.98 Å². The van der Waals surface area contributed by atoms with Gasteiger partial charge in [-0.15, -0.1) is 0 Å². The lowest BCUT2D eigenvalue weighted by molar-refractivity contribution is -0.149. The maximum atomic E-state index is 12.6. The van der Waals surface area contributed by atoms with Crippen LogP contribution in [0.3, 0.4) is 0 Å². The molecule has 0 amide bonds. The largest absolute Gasteiger partial charge is 0.465 e. The van der Waals surface area contributed by atoms with Crippen molar-refractivity contribution in [2.45, 2.75) is 65.4 Å². The first-order valence-corrected chi connectivity index (χ1v) is 17.6. The van der Waals surface area contributed by atoms with Crippen LogP contribution in [0.1, 0.15) is 85.1 Å². The zero-order valence-corrected chi connectivity index (χ0v) is 29.2. The van der Waals surface area contributed by atoms with Crippen LogP contribution in [0, 0.1) is 5.92 Å². The number of carbonyl (C=O) groups excluding carboxylic acids is 3. The highest BCUT2D eigenvalue weighted by atomic mass is 16.6. The molecule has 0 aliphatic heterocycles. The summed E-state index contributed by atoms with van der Waals surface area (Å²) < 4.78 is 21.7.